The molecular weight excluding hydrogens is 246 g/mol. The number of nitrogens with one attached hydrogen (secondary N) is 1. The van der Waals surface area contributed by atoms with Crippen LogP contribution in [0, 0.1) is 0 Å². The van der Waals surface area contributed by atoms with E-state index in [9.17, 15) is 4.79 Å². The summed E-state index contributed by atoms with van der Waals surface area (Å²) in [5.41, 5.74) is 0. The van der Waals surface area contributed by atoms with Gasteiger partial charge in [0, 0.05) is 58.8 Å². The third-order valence-corrected chi connectivity index (χ3v) is 3.76. The van der Waals surface area contributed by atoms with Gasteiger partial charge < -0.3 is 19.7 Å². The van der Waals surface area contributed by atoms with Crippen LogP contribution in [0.5, 0.6) is 0 Å². The summed E-state index contributed by atoms with van der Waals surface area (Å²) in [7, 11) is 1.72. The van der Waals surface area contributed by atoms with Gasteiger partial charge in [-0.05, 0) is 0 Å². The standard InChI is InChI=1S/C13H25N3O3/c1-18-9-7-15-3-5-16(6-4-15)13(17)10-12-11-19-8-2-14-12/h12,14H,2-11H2,1H3. The van der Waals surface area contributed by atoms with Crippen LogP contribution in [0.1, 0.15) is 6.42 Å². The number of amides is 1. The number of rotatable bonds is 5. The third kappa shape index (κ3) is 4.72. The fourth-order valence-electron chi connectivity index (χ4n) is 2.53. The van der Waals surface area contributed by atoms with Crippen molar-refractivity contribution < 1.29 is 14.3 Å². The van der Waals surface area contributed by atoms with Crippen LogP contribution < -0.4 is 5.32 Å². The van der Waals surface area contributed by atoms with Crippen LogP contribution in [0.15, 0.2) is 0 Å². The first-order valence-corrected chi connectivity index (χ1v) is 7.10. The van der Waals surface area contributed by atoms with Crippen LogP contribution in [0.4, 0.5) is 0 Å². The molecule has 19 heavy (non-hydrogen) atoms. The first kappa shape index (κ1) is 14.7. The Labute approximate surface area is 115 Å². The number of piperazine rings is 1. The molecule has 0 aromatic carbocycles. The molecule has 1 N–H and O–H groups in total. The number of methoxy groups -OCH3 is 1. The number of nitrogens with zero attached hydrogens (tertiary/aromatic N) is 2. The second kappa shape index (κ2) is 7.79. The Balaban J connectivity index is 1.67. The lowest BCUT2D eigenvalue weighted by Crippen LogP contribution is -2.51. The molecule has 0 aromatic rings. The highest BCUT2D eigenvalue weighted by atomic mass is 16.5. The number of ether oxygens (including phenoxy) is 2. The highest BCUT2D eigenvalue weighted by Crippen LogP contribution is 2.07. The van der Waals surface area contributed by atoms with Gasteiger partial charge in [0.1, 0.15) is 0 Å². The molecule has 2 fully saturated rings. The zero-order valence-corrected chi connectivity index (χ0v) is 11.8. The smallest absolute Gasteiger partial charge is 0.224 e. The molecule has 110 valence electrons. The highest BCUT2D eigenvalue weighted by Gasteiger charge is 2.24. The molecule has 2 aliphatic rings. The third-order valence-electron chi connectivity index (χ3n) is 3.76. The Morgan fingerprint density at radius 2 is 2.16 bits per heavy atom. The monoisotopic (exact) mass is 271 g/mol. The van der Waals surface area contributed by atoms with Crippen LogP contribution in [0.25, 0.3) is 0 Å². The maximum atomic E-state index is 12.2. The predicted molar refractivity (Wildman–Crippen MR) is 72.1 cm³/mol. The van der Waals surface area contributed by atoms with Gasteiger partial charge in [0.15, 0.2) is 0 Å². The van der Waals surface area contributed by atoms with Gasteiger partial charge in [-0.2, -0.15) is 0 Å². The molecule has 6 heteroatoms. The van der Waals surface area contributed by atoms with Crippen LogP contribution >= 0.6 is 0 Å². The number of morpholine rings is 1. The Bertz CT molecular complexity index is 274. The molecule has 1 unspecified atom stereocenters. The molecule has 0 radical (unpaired) electrons. The molecule has 2 saturated heterocycles. The summed E-state index contributed by atoms with van der Waals surface area (Å²) in [6, 6.07) is 0.188. The van der Waals surface area contributed by atoms with Crippen molar-refractivity contribution in [2.75, 3.05) is 66.2 Å². The Morgan fingerprint density at radius 1 is 1.37 bits per heavy atom. The van der Waals surface area contributed by atoms with Crippen molar-refractivity contribution in [3.63, 3.8) is 0 Å². The molecule has 6 nitrogen and oxygen atoms in total. The van der Waals surface area contributed by atoms with E-state index in [2.05, 4.69) is 10.2 Å². The first-order chi connectivity index (χ1) is 9.29. The SMILES string of the molecule is COCCN1CCN(C(=O)CC2COCCN2)CC1. The minimum atomic E-state index is 0.188. The second-order valence-electron chi connectivity index (χ2n) is 5.15. The van der Waals surface area contributed by atoms with Crippen molar-refractivity contribution in [3.05, 3.63) is 0 Å². The fraction of sp³-hybridized carbons (Fsp3) is 0.923. The number of hydrogen-bond acceptors (Lipinski definition) is 5. The summed E-state index contributed by atoms with van der Waals surface area (Å²) in [4.78, 5) is 16.5. The molecule has 1 atom stereocenters. The molecule has 0 bridgehead atoms. The molecule has 2 heterocycles. The number of carbonyl (C=O) groups is 1. The van der Waals surface area contributed by atoms with E-state index in [4.69, 9.17) is 9.47 Å². The molecule has 1 amide bonds. The van der Waals surface area contributed by atoms with Gasteiger partial charge in [-0.3, -0.25) is 9.69 Å². The zero-order valence-electron chi connectivity index (χ0n) is 11.8. The lowest BCUT2D eigenvalue weighted by molar-refractivity contribution is -0.134. The van der Waals surface area contributed by atoms with Crippen LogP contribution in [0.2, 0.25) is 0 Å². The molecule has 0 aromatic heterocycles. The lowest BCUT2D eigenvalue weighted by atomic mass is 10.1. The average molecular weight is 271 g/mol. The van der Waals surface area contributed by atoms with Gasteiger partial charge in [-0.25, -0.2) is 0 Å². The van der Waals surface area contributed by atoms with E-state index in [0.717, 1.165) is 52.5 Å². The fourth-order valence-corrected chi connectivity index (χ4v) is 2.53. The Kier molecular flexibility index (Phi) is 6.03. The second-order valence-corrected chi connectivity index (χ2v) is 5.15. The van der Waals surface area contributed by atoms with E-state index >= 15 is 0 Å². The van der Waals surface area contributed by atoms with Crippen molar-refractivity contribution >= 4 is 5.91 Å². The van der Waals surface area contributed by atoms with Crippen LogP contribution in [-0.4, -0.2) is 87.9 Å². The molecule has 2 aliphatic heterocycles. The number of carbonyl (C=O) groups excluding carboxylic acids is 1. The summed E-state index contributed by atoms with van der Waals surface area (Å²) in [5.74, 6) is 0.245. The average Bonchev–Trinajstić information content (AvgIpc) is 2.46. The topological polar surface area (TPSA) is 54.0 Å². The molecule has 0 aliphatic carbocycles. The van der Waals surface area contributed by atoms with E-state index in [-0.39, 0.29) is 11.9 Å². The molecule has 2 rings (SSSR count). The summed E-state index contributed by atoms with van der Waals surface area (Å²) in [5, 5.41) is 3.33. The normalized spacial score (nSPS) is 25.5. The van der Waals surface area contributed by atoms with Gasteiger partial charge >= 0.3 is 0 Å². The maximum Gasteiger partial charge on any atom is 0.224 e. The van der Waals surface area contributed by atoms with Gasteiger partial charge in [0.25, 0.3) is 0 Å². The molecule has 0 spiro atoms. The number of hydrogen-bond donors (Lipinski definition) is 1. The summed E-state index contributed by atoms with van der Waals surface area (Å²) in [6.45, 7) is 7.53. The van der Waals surface area contributed by atoms with Crippen molar-refractivity contribution in [1.82, 2.24) is 15.1 Å². The molecular formula is C13H25N3O3. The van der Waals surface area contributed by atoms with Gasteiger partial charge in [0.05, 0.1) is 19.8 Å². The Hall–Kier alpha value is -0.690. The minimum Gasteiger partial charge on any atom is -0.383 e. The van der Waals surface area contributed by atoms with E-state index in [1.54, 1.807) is 7.11 Å². The highest BCUT2D eigenvalue weighted by molar-refractivity contribution is 5.77. The summed E-state index contributed by atoms with van der Waals surface area (Å²) in [6.07, 6.45) is 0.554. The van der Waals surface area contributed by atoms with Crippen molar-refractivity contribution in [1.29, 1.82) is 0 Å². The quantitative estimate of drug-likeness (QED) is 0.706. The first-order valence-electron chi connectivity index (χ1n) is 7.10. The van der Waals surface area contributed by atoms with E-state index in [1.165, 1.54) is 0 Å². The maximum absolute atomic E-state index is 12.2. The van der Waals surface area contributed by atoms with Crippen LogP contribution in [0.3, 0.4) is 0 Å². The minimum absolute atomic E-state index is 0.188. The van der Waals surface area contributed by atoms with E-state index < -0.39 is 0 Å². The van der Waals surface area contributed by atoms with Crippen molar-refractivity contribution in [2.45, 2.75) is 12.5 Å². The van der Waals surface area contributed by atoms with E-state index in [1.807, 2.05) is 4.90 Å². The Morgan fingerprint density at radius 3 is 2.79 bits per heavy atom. The van der Waals surface area contributed by atoms with Gasteiger partial charge in [0.2, 0.25) is 5.91 Å². The summed E-state index contributed by atoms with van der Waals surface area (Å²) >= 11 is 0. The van der Waals surface area contributed by atoms with E-state index in [0.29, 0.717) is 13.0 Å². The van der Waals surface area contributed by atoms with Gasteiger partial charge in [-0.1, -0.05) is 0 Å². The lowest BCUT2D eigenvalue weighted by Gasteiger charge is -2.35. The largest absolute Gasteiger partial charge is 0.383 e. The zero-order chi connectivity index (χ0) is 13.5. The molecule has 0 saturated carbocycles. The predicted octanol–water partition coefficient (Wildman–Crippen LogP) is -0.844. The summed E-state index contributed by atoms with van der Waals surface area (Å²) < 4.78 is 10.5. The van der Waals surface area contributed by atoms with Crippen molar-refractivity contribution in [3.8, 4) is 0 Å². The van der Waals surface area contributed by atoms with Crippen molar-refractivity contribution in [2.24, 2.45) is 0 Å². The van der Waals surface area contributed by atoms with Gasteiger partial charge in [-0.15, -0.1) is 0 Å². The van der Waals surface area contributed by atoms with Crippen LogP contribution in [-0.2, 0) is 14.3 Å².